The van der Waals surface area contributed by atoms with Crippen LogP contribution in [-0.2, 0) is 11.3 Å². The molecule has 38 heavy (non-hydrogen) atoms. The highest BCUT2D eigenvalue weighted by Crippen LogP contribution is 2.40. The summed E-state index contributed by atoms with van der Waals surface area (Å²) in [7, 11) is 0. The number of nitrogens with zero attached hydrogens (tertiary/aromatic N) is 5. The van der Waals surface area contributed by atoms with Gasteiger partial charge in [-0.15, -0.1) is 11.3 Å². The van der Waals surface area contributed by atoms with E-state index in [0.717, 1.165) is 50.4 Å². The first-order valence-corrected chi connectivity index (χ1v) is 13.5. The number of amides is 2. The fraction of sp³-hybridized carbons (Fsp3) is 0.333. The molecule has 0 bridgehead atoms. The molecular weight excluding hydrogens is 505 g/mol. The van der Waals surface area contributed by atoms with Crippen molar-refractivity contribution in [1.82, 2.24) is 30.1 Å². The Morgan fingerprint density at radius 1 is 1.11 bits per heavy atom. The molecule has 0 spiro atoms. The second-order valence-corrected chi connectivity index (χ2v) is 10.4. The zero-order valence-corrected chi connectivity index (χ0v) is 21.6. The molecule has 0 atom stereocenters. The molecule has 11 heteroatoms. The van der Waals surface area contributed by atoms with Crippen LogP contribution < -0.4 is 10.6 Å². The number of morpholine rings is 1. The largest absolute Gasteiger partial charge is 0.379 e. The Hall–Kier alpha value is -3.67. The highest BCUT2D eigenvalue weighted by atomic mass is 32.1. The van der Waals surface area contributed by atoms with Gasteiger partial charge in [-0.05, 0) is 28.6 Å². The van der Waals surface area contributed by atoms with Gasteiger partial charge in [0.2, 0.25) is 11.9 Å². The molecule has 2 N–H and O–H groups in total. The number of carbonyl (C=O) groups excluding carboxylic acids is 1. The van der Waals surface area contributed by atoms with Crippen LogP contribution in [0.25, 0.3) is 31.8 Å². The van der Waals surface area contributed by atoms with Crippen molar-refractivity contribution in [2.75, 3.05) is 57.8 Å². The lowest BCUT2D eigenvalue weighted by Gasteiger charge is -2.27. The molecule has 0 saturated carbocycles. The quantitative estimate of drug-likeness (QED) is 0.333. The Bertz CT molecular complexity index is 1460. The number of benzene rings is 1. The van der Waals surface area contributed by atoms with E-state index in [-0.39, 0.29) is 6.03 Å². The van der Waals surface area contributed by atoms with Crippen molar-refractivity contribution in [3.05, 3.63) is 60.3 Å². The summed E-state index contributed by atoms with van der Waals surface area (Å²) < 4.78 is 20.9. The van der Waals surface area contributed by atoms with Crippen molar-refractivity contribution in [2.45, 2.75) is 6.54 Å². The Morgan fingerprint density at radius 2 is 2.00 bits per heavy atom. The van der Waals surface area contributed by atoms with Crippen molar-refractivity contribution in [1.29, 1.82) is 0 Å². The number of anilines is 1. The van der Waals surface area contributed by atoms with Crippen molar-refractivity contribution in [3.8, 4) is 21.7 Å². The van der Waals surface area contributed by atoms with E-state index in [4.69, 9.17) is 9.72 Å². The average Bonchev–Trinajstić information content (AvgIpc) is 3.56. The maximum Gasteiger partial charge on any atom is 0.317 e. The van der Waals surface area contributed by atoms with Gasteiger partial charge in [0, 0.05) is 74.5 Å². The predicted octanol–water partition coefficient (Wildman–Crippen LogP) is 3.83. The summed E-state index contributed by atoms with van der Waals surface area (Å²) in [6, 6.07) is 11.6. The van der Waals surface area contributed by atoms with Gasteiger partial charge in [-0.25, -0.2) is 19.7 Å². The lowest BCUT2D eigenvalue weighted by molar-refractivity contribution is 0.0342. The van der Waals surface area contributed by atoms with E-state index >= 15 is 0 Å². The van der Waals surface area contributed by atoms with Crippen LogP contribution in [0.3, 0.4) is 0 Å². The molecule has 0 unspecified atom stereocenters. The number of carbonyl (C=O) groups is 1. The van der Waals surface area contributed by atoms with Crippen molar-refractivity contribution >= 4 is 33.4 Å². The molecule has 4 aromatic rings. The number of pyridine rings is 1. The third-order valence-corrected chi connectivity index (χ3v) is 8.01. The summed E-state index contributed by atoms with van der Waals surface area (Å²) in [5, 5.41) is 7.10. The predicted molar refractivity (Wildman–Crippen MR) is 146 cm³/mol. The third kappa shape index (κ3) is 5.31. The molecule has 2 fully saturated rings. The smallest absolute Gasteiger partial charge is 0.317 e. The number of fused-ring (bicyclic) bond motifs is 1. The van der Waals surface area contributed by atoms with E-state index in [2.05, 4.69) is 37.6 Å². The van der Waals surface area contributed by atoms with Gasteiger partial charge >= 0.3 is 6.03 Å². The third-order valence-electron chi connectivity index (χ3n) is 6.80. The number of hydrogen-bond acceptors (Lipinski definition) is 8. The summed E-state index contributed by atoms with van der Waals surface area (Å²) in [6.07, 6.45) is 3.39. The van der Waals surface area contributed by atoms with Crippen molar-refractivity contribution < 1.29 is 13.9 Å². The molecule has 0 aliphatic carbocycles. The molecule has 2 aliphatic rings. The van der Waals surface area contributed by atoms with Crippen LogP contribution in [0.5, 0.6) is 0 Å². The molecule has 1 aromatic carbocycles. The van der Waals surface area contributed by atoms with Gasteiger partial charge in [-0.3, -0.25) is 4.90 Å². The molecule has 196 valence electrons. The van der Waals surface area contributed by atoms with Crippen molar-refractivity contribution in [3.63, 3.8) is 0 Å². The molecule has 9 nitrogen and oxygen atoms in total. The first kappa shape index (κ1) is 24.7. The SMILES string of the molecule is O=C1NCCN1CCNc1nccc(-c2cc3cccc(-c4cc(F)ncc4CN4CCOCC4)c3s2)n1. The van der Waals surface area contributed by atoms with E-state index in [9.17, 15) is 9.18 Å². The van der Waals surface area contributed by atoms with Crippen LogP contribution in [0.15, 0.2) is 48.8 Å². The van der Waals surface area contributed by atoms with Crippen LogP contribution in [-0.4, -0.2) is 83.3 Å². The van der Waals surface area contributed by atoms with Crippen LogP contribution in [0.4, 0.5) is 15.1 Å². The first-order chi connectivity index (χ1) is 18.6. The van der Waals surface area contributed by atoms with Crippen LogP contribution in [0.1, 0.15) is 5.56 Å². The topological polar surface area (TPSA) is 95.5 Å². The standard InChI is InChI=1S/C27H28FN7O2S/c28-24-15-21(19(16-32-24)17-34-10-12-37-13-11-34)20-3-1-2-18-14-23(38-25(18)20)22-4-5-29-26(33-22)30-6-8-35-9-7-31-27(35)36/h1-5,14-16H,6-13,17H2,(H,31,36)(H,29,30,33). The van der Waals surface area contributed by atoms with Gasteiger partial charge in [0.05, 0.1) is 23.8 Å². The summed E-state index contributed by atoms with van der Waals surface area (Å²) in [4.78, 5) is 29.8. The summed E-state index contributed by atoms with van der Waals surface area (Å²) >= 11 is 1.63. The number of nitrogens with one attached hydrogen (secondary N) is 2. The Balaban J connectivity index is 1.26. The van der Waals surface area contributed by atoms with Gasteiger partial charge in [-0.1, -0.05) is 18.2 Å². The highest BCUT2D eigenvalue weighted by Gasteiger charge is 2.19. The molecule has 6 rings (SSSR count). The second kappa shape index (κ2) is 11.0. The zero-order chi connectivity index (χ0) is 25.9. The normalized spacial score (nSPS) is 16.2. The molecule has 5 heterocycles. The summed E-state index contributed by atoms with van der Waals surface area (Å²) in [5.74, 6) is 0.0289. The van der Waals surface area contributed by atoms with Crippen molar-refractivity contribution in [2.24, 2.45) is 0 Å². The summed E-state index contributed by atoms with van der Waals surface area (Å²) in [5.41, 5.74) is 3.65. The van der Waals surface area contributed by atoms with E-state index in [1.54, 1.807) is 28.6 Å². The van der Waals surface area contributed by atoms with Gasteiger partial charge in [0.1, 0.15) is 0 Å². The minimum atomic E-state index is -0.488. The van der Waals surface area contributed by atoms with Crippen LogP contribution in [0.2, 0.25) is 0 Å². The fourth-order valence-electron chi connectivity index (χ4n) is 4.84. The number of urea groups is 1. The lowest BCUT2D eigenvalue weighted by atomic mass is 10.00. The molecule has 3 aromatic heterocycles. The average molecular weight is 534 g/mol. The maximum atomic E-state index is 14.4. The Kier molecular flexibility index (Phi) is 7.12. The van der Waals surface area contributed by atoms with E-state index in [1.165, 1.54) is 6.07 Å². The zero-order valence-electron chi connectivity index (χ0n) is 20.8. The Labute approximate surface area is 223 Å². The van der Waals surface area contributed by atoms with E-state index < -0.39 is 5.95 Å². The number of ether oxygens (including phenoxy) is 1. The molecular formula is C27H28FN7O2S. The Morgan fingerprint density at radius 3 is 2.84 bits per heavy atom. The minimum Gasteiger partial charge on any atom is -0.379 e. The lowest BCUT2D eigenvalue weighted by Crippen LogP contribution is -2.35. The van der Waals surface area contributed by atoms with Crippen LogP contribution >= 0.6 is 11.3 Å². The molecule has 2 saturated heterocycles. The molecule has 2 amide bonds. The number of rotatable bonds is 8. The van der Waals surface area contributed by atoms with E-state index in [1.807, 2.05) is 18.2 Å². The second-order valence-electron chi connectivity index (χ2n) is 9.30. The van der Waals surface area contributed by atoms with Gasteiger partial charge in [-0.2, -0.15) is 4.39 Å². The number of hydrogen-bond donors (Lipinski definition) is 2. The first-order valence-electron chi connectivity index (χ1n) is 12.7. The molecule has 2 aliphatic heterocycles. The maximum absolute atomic E-state index is 14.4. The monoisotopic (exact) mass is 533 g/mol. The highest BCUT2D eigenvalue weighted by molar-refractivity contribution is 7.22. The van der Waals surface area contributed by atoms with E-state index in [0.29, 0.717) is 51.9 Å². The number of halogens is 1. The fourth-order valence-corrected chi connectivity index (χ4v) is 6.00. The number of thiophene rings is 1. The van der Waals surface area contributed by atoms with Gasteiger partial charge in [0.15, 0.2) is 0 Å². The van der Waals surface area contributed by atoms with Gasteiger partial charge in [0.25, 0.3) is 0 Å². The van der Waals surface area contributed by atoms with Gasteiger partial charge < -0.3 is 20.3 Å². The molecule has 0 radical (unpaired) electrons. The number of aromatic nitrogens is 3. The minimum absolute atomic E-state index is 0.0373. The summed E-state index contributed by atoms with van der Waals surface area (Å²) in [6.45, 7) is 6.34. The van der Waals surface area contributed by atoms with Crippen LogP contribution in [0, 0.1) is 5.95 Å².